The highest BCUT2D eigenvalue weighted by atomic mass is 32.9. The molecule has 0 saturated carbocycles. The molecule has 0 aromatic heterocycles. The smallest absolute Gasteiger partial charge is 0.212 e. The van der Waals surface area contributed by atoms with Crippen LogP contribution in [0, 0.1) is 11.1 Å². The molecule has 0 spiro atoms. The van der Waals surface area contributed by atoms with Crippen LogP contribution >= 0.6 is 17.7 Å². The van der Waals surface area contributed by atoms with Gasteiger partial charge >= 0.3 is 0 Å². The Balaban J connectivity index is 3.94. The van der Waals surface area contributed by atoms with Crippen LogP contribution in [0.15, 0.2) is 0 Å². The van der Waals surface area contributed by atoms with Crippen molar-refractivity contribution in [3.8, 4) is 5.81 Å². The van der Waals surface area contributed by atoms with Gasteiger partial charge in [-0.25, -0.2) is 0 Å². The first-order valence-electron chi connectivity index (χ1n) is 1.03. The minimum Gasteiger partial charge on any atom is -0.347 e. The van der Waals surface area contributed by atoms with Crippen molar-refractivity contribution in [3.05, 3.63) is 0 Å². The number of rotatable bonds is 0. The fraction of sp³-hybridized carbons (Fsp3) is 0. The Morgan fingerprint density at radius 1 is 2.00 bits per heavy atom. The lowest BCUT2D eigenvalue weighted by Crippen LogP contribution is -1.51. The first-order valence-corrected chi connectivity index (χ1v) is 4.94. The van der Waals surface area contributed by atoms with Crippen molar-refractivity contribution >= 4 is 29.5 Å². The van der Waals surface area contributed by atoms with E-state index in [1.165, 1.54) is 5.81 Å². The van der Waals surface area contributed by atoms with Gasteiger partial charge < -0.3 is 4.89 Å². The molecule has 0 heterocycles. The number of nitriles is 1. The Bertz CT molecular complexity index is 120. The van der Waals surface area contributed by atoms with E-state index in [4.69, 9.17) is 10.2 Å². The fourth-order valence-corrected chi connectivity index (χ4v) is 0. The van der Waals surface area contributed by atoms with Gasteiger partial charge in [0.2, 0.25) is 5.47 Å². The Hall–Kier alpha value is 0.450. The molecule has 5 heteroatoms. The van der Waals surface area contributed by atoms with Crippen molar-refractivity contribution in [1.82, 2.24) is 0 Å². The van der Waals surface area contributed by atoms with Gasteiger partial charge in [-0.15, -0.1) is 12.2 Å². The standard InChI is InChI=1S/CH2NOPS2/c2-1-4(3,5)6/h(H2,3,5,6). The van der Waals surface area contributed by atoms with Gasteiger partial charge in [-0.2, -0.15) is 5.26 Å². The summed E-state index contributed by atoms with van der Waals surface area (Å²) in [5, 5.41) is 7.77. The summed E-state index contributed by atoms with van der Waals surface area (Å²) in [4.78, 5) is 8.26. The molecule has 2 nitrogen and oxygen atoms in total. The molecule has 0 bridgehead atoms. The van der Waals surface area contributed by atoms with E-state index in [1.54, 1.807) is 0 Å². The molecule has 0 radical (unpaired) electrons. The predicted molar refractivity (Wildman–Crippen MR) is 31.1 cm³/mol. The second-order valence-corrected chi connectivity index (χ2v) is 6.07. The number of thiol groups is 1. The van der Waals surface area contributed by atoms with Gasteiger partial charge in [-0.3, -0.25) is 0 Å². The Kier molecular flexibility index (Phi) is 2.09. The highest BCUT2D eigenvalue weighted by Crippen LogP contribution is 2.43. The molecule has 1 unspecified atom stereocenters. The molecule has 0 aromatic carbocycles. The highest BCUT2D eigenvalue weighted by molar-refractivity contribution is 8.63. The van der Waals surface area contributed by atoms with Gasteiger partial charge in [-0.1, -0.05) is 0 Å². The van der Waals surface area contributed by atoms with Gasteiger partial charge in [0.05, 0.1) is 0 Å². The summed E-state index contributed by atoms with van der Waals surface area (Å²) < 4.78 is 0. The van der Waals surface area contributed by atoms with E-state index in [-0.39, 0.29) is 0 Å². The maximum atomic E-state index is 8.26. The monoisotopic (exact) mass is 139 g/mol. The van der Waals surface area contributed by atoms with E-state index in [1.807, 2.05) is 0 Å². The molecule has 0 aliphatic carbocycles. The zero-order chi connectivity index (χ0) is 5.21. The molecular weight excluding hydrogens is 137 g/mol. The van der Waals surface area contributed by atoms with Gasteiger partial charge in [0.1, 0.15) is 5.81 Å². The molecule has 1 atom stereocenters. The average Bonchev–Trinajstić information content (AvgIpc) is 1.35. The summed E-state index contributed by atoms with van der Waals surface area (Å²) in [6, 6.07) is 0. The molecule has 0 aliphatic rings. The van der Waals surface area contributed by atoms with Gasteiger partial charge in [0, 0.05) is 0 Å². The van der Waals surface area contributed by atoms with Gasteiger partial charge in [0.25, 0.3) is 0 Å². The van der Waals surface area contributed by atoms with Crippen molar-refractivity contribution < 1.29 is 4.89 Å². The molecule has 6 heavy (non-hydrogen) atoms. The van der Waals surface area contributed by atoms with Crippen LogP contribution < -0.4 is 0 Å². The van der Waals surface area contributed by atoms with Crippen LogP contribution in [0.1, 0.15) is 0 Å². The van der Waals surface area contributed by atoms with E-state index in [9.17, 15) is 0 Å². The maximum Gasteiger partial charge on any atom is 0.212 e. The first-order chi connectivity index (χ1) is 2.56. The van der Waals surface area contributed by atoms with Gasteiger partial charge in [-0.05, 0) is 11.8 Å². The summed E-state index contributed by atoms with van der Waals surface area (Å²) in [5.74, 6) is 1.45. The van der Waals surface area contributed by atoms with Crippen molar-refractivity contribution in [1.29, 1.82) is 5.26 Å². The number of nitrogens with zero attached hydrogens (tertiary/aromatic N) is 1. The summed E-state index contributed by atoms with van der Waals surface area (Å²) in [5.41, 5.74) is -2.81. The third kappa shape index (κ3) is 4.45. The van der Waals surface area contributed by atoms with E-state index < -0.39 is 5.47 Å². The third-order valence-corrected chi connectivity index (χ3v) is 0.904. The molecule has 0 aliphatic heterocycles. The predicted octanol–water partition coefficient (Wildman–Crippen LogP) is 0.699. The van der Waals surface area contributed by atoms with E-state index >= 15 is 0 Å². The van der Waals surface area contributed by atoms with E-state index in [0.29, 0.717) is 0 Å². The molecule has 0 fully saturated rings. The normalized spacial score (nSPS) is 18.2. The maximum absolute atomic E-state index is 8.26. The number of hydrogen-bond acceptors (Lipinski definition) is 2. The van der Waals surface area contributed by atoms with Crippen LogP contribution in [-0.2, 0) is 11.8 Å². The lowest BCUT2D eigenvalue weighted by molar-refractivity contribution is 0.649. The molecule has 0 saturated heterocycles. The summed E-state index contributed by atoms with van der Waals surface area (Å²) >= 11 is 7.53. The topological polar surface area (TPSA) is 44.0 Å². The molecule has 34 valence electrons. The first kappa shape index (κ1) is 6.45. The Morgan fingerprint density at radius 2 is 2.17 bits per heavy atom. The van der Waals surface area contributed by atoms with Crippen LogP contribution in [-0.4, -0.2) is 4.89 Å². The zero-order valence-electron chi connectivity index (χ0n) is 2.70. The second kappa shape index (κ2) is 1.94. The largest absolute Gasteiger partial charge is 0.347 e. The van der Waals surface area contributed by atoms with Gasteiger partial charge in [0.15, 0.2) is 0 Å². The van der Waals surface area contributed by atoms with E-state index in [2.05, 4.69) is 24.1 Å². The van der Waals surface area contributed by atoms with Crippen LogP contribution in [0.4, 0.5) is 0 Å². The third-order valence-electron chi connectivity index (χ3n) is 0.130. The minimum atomic E-state index is -2.81. The van der Waals surface area contributed by atoms with Crippen molar-refractivity contribution in [2.24, 2.45) is 0 Å². The van der Waals surface area contributed by atoms with E-state index in [0.717, 1.165) is 0 Å². The SMILES string of the molecule is N#CP(O)(=S)S. The van der Waals surface area contributed by atoms with Crippen LogP contribution in [0.5, 0.6) is 0 Å². The zero-order valence-corrected chi connectivity index (χ0v) is 5.30. The Morgan fingerprint density at radius 3 is 2.17 bits per heavy atom. The number of hydrogen-bond donors (Lipinski definition) is 2. The summed E-state index contributed by atoms with van der Waals surface area (Å²) in [6.45, 7) is 0. The summed E-state index contributed by atoms with van der Waals surface area (Å²) in [6.07, 6.45) is 0. The van der Waals surface area contributed by atoms with Crippen LogP contribution in [0.25, 0.3) is 0 Å². The molecule has 0 rings (SSSR count). The lowest BCUT2D eigenvalue weighted by atomic mass is 11.8. The fourth-order valence-electron chi connectivity index (χ4n) is 0. The lowest BCUT2D eigenvalue weighted by Gasteiger charge is -1.85. The second-order valence-electron chi connectivity index (χ2n) is 0.644. The minimum absolute atomic E-state index is 1.45. The molecule has 0 amide bonds. The molecular formula is CH2NOPS2. The van der Waals surface area contributed by atoms with Crippen molar-refractivity contribution in [3.63, 3.8) is 0 Å². The quantitative estimate of drug-likeness (QED) is 0.383. The molecule has 1 N–H and O–H groups in total. The molecule has 0 aromatic rings. The van der Waals surface area contributed by atoms with Crippen LogP contribution in [0.3, 0.4) is 0 Å². The van der Waals surface area contributed by atoms with Crippen LogP contribution in [0.2, 0.25) is 0 Å². The highest BCUT2D eigenvalue weighted by Gasteiger charge is 1.97. The average molecular weight is 139 g/mol. The van der Waals surface area contributed by atoms with Crippen molar-refractivity contribution in [2.75, 3.05) is 0 Å². The summed E-state index contributed by atoms with van der Waals surface area (Å²) in [7, 11) is 0. The Labute approximate surface area is 46.0 Å². The van der Waals surface area contributed by atoms with Crippen molar-refractivity contribution in [2.45, 2.75) is 0 Å².